The van der Waals surface area contributed by atoms with Gasteiger partial charge >= 0.3 is 5.97 Å². The first-order valence-corrected chi connectivity index (χ1v) is 3.51. The Morgan fingerprint density at radius 2 is 2.15 bits per heavy atom. The van der Waals surface area contributed by atoms with E-state index in [4.69, 9.17) is 20.1 Å². The molecule has 0 amide bonds. The summed E-state index contributed by atoms with van der Waals surface area (Å²) in [5.41, 5.74) is 5.06. The van der Waals surface area contributed by atoms with Crippen LogP contribution in [0.15, 0.2) is 24.3 Å². The number of carboxylic acid groups (broad SMARTS) is 1. The molecule has 70 valence electrons. The van der Waals surface area contributed by atoms with E-state index < -0.39 is 18.4 Å². The van der Waals surface area contributed by atoms with Crippen LogP contribution in [0.4, 0.5) is 0 Å². The molecule has 4 N–H and O–H groups in total. The first kappa shape index (κ1) is 5.99. The summed E-state index contributed by atoms with van der Waals surface area (Å²) in [6.45, 7) is 0. The number of hydrogen-bond acceptors (Lipinski definition) is 3. The Bertz CT molecular complexity index is 403. The molecule has 0 aliphatic heterocycles. The summed E-state index contributed by atoms with van der Waals surface area (Å²) in [6, 6.07) is 1.99. The highest BCUT2D eigenvalue weighted by Gasteiger charge is 2.11. The molecule has 0 aliphatic carbocycles. The maximum Gasteiger partial charge on any atom is 0.320 e. The summed E-state index contributed by atoms with van der Waals surface area (Å²) in [5.74, 6) is -1.84. The quantitative estimate of drug-likeness (QED) is 0.593. The van der Waals surface area contributed by atoms with Crippen molar-refractivity contribution in [3.8, 4) is 5.75 Å². The molecule has 4 nitrogen and oxygen atoms in total. The molecule has 0 bridgehead atoms. The van der Waals surface area contributed by atoms with E-state index in [1.54, 1.807) is 0 Å². The average molecular weight is 185 g/mol. The zero-order valence-electron chi connectivity index (χ0n) is 9.69. The molecule has 4 heteroatoms. The van der Waals surface area contributed by atoms with E-state index in [1.807, 2.05) is 0 Å². The van der Waals surface area contributed by atoms with Crippen molar-refractivity contribution in [3.63, 3.8) is 0 Å². The fourth-order valence-corrected chi connectivity index (χ4v) is 0.754. The van der Waals surface area contributed by atoms with Crippen LogP contribution < -0.4 is 5.73 Å². The van der Waals surface area contributed by atoms with Gasteiger partial charge < -0.3 is 15.9 Å². The van der Waals surface area contributed by atoms with Gasteiger partial charge in [0.2, 0.25) is 0 Å². The minimum Gasteiger partial charge on any atom is -0.508 e. The molecule has 0 saturated carbocycles. The maximum absolute atomic E-state index is 10.7. The minimum atomic E-state index is -2.79. The molecule has 0 fully saturated rings. The molecule has 0 aliphatic rings. The number of aromatic hydroxyl groups is 1. The summed E-state index contributed by atoms with van der Waals surface area (Å²) in [4.78, 5) is 10.7. The van der Waals surface area contributed by atoms with Crippen molar-refractivity contribution in [3.05, 3.63) is 29.8 Å². The Morgan fingerprint density at radius 3 is 2.62 bits per heavy atom. The van der Waals surface area contributed by atoms with Crippen LogP contribution in [0.1, 0.15) is 9.68 Å². The number of carboxylic acids is 1. The lowest BCUT2D eigenvalue weighted by molar-refractivity contribution is -0.138. The van der Waals surface area contributed by atoms with Gasteiger partial charge in [-0.3, -0.25) is 4.79 Å². The number of aliphatic carboxylic acids is 1. The van der Waals surface area contributed by atoms with Crippen LogP contribution in [0.25, 0.3) is 0 Å². The van der Waals surface area contributed by atoms with Crippen LogP contribution in [0, 0.1) is 0 Å². The van der Waals surface area contributed by atoms with Crippen LogP contribution in [-0.2, 0) is 11.2 Å². The summed E-state index contributed by atoms with van der Waals surface area (Å²) in [7, 11) is 0. The van der Waals surface area contributed by atoms with Crippen molar-refractivity contribution in [2.75, 3.05) is 0 Å². The molecule has 1 rings (SSSR count). The third kappa shape index (κ3) is 2.76. The Hall–Kier alpha value is -1.55. The summed E-state index contributed by atoms with van der Waals surface area (Å²) in [6.07, 6.45) is -2.56. The van der Waals surface area contributed by atoms with Crippen molar-refractivity contribution in [1.82, 2.24) is 0 Å². The van der Waals surface area contributed by atoms with Crippen molar-refractivity contribution in [2.45, 2.75) is 12.4 Å². The average Bonchev–Trinajstić information content (AvgIpc) is 2.17. The van der Waals surface area contributed by atoms with Gasteiger partial charge in [0.1, 0.15) is 11.8 Å². The highest BCUT2D eigenvalue weighted by Crippen LogP contribution is 2.10. The van der Waals surface area contributed by atoms with Crippen molar-refractivity contribution in [1.29, 1.82) is 0 Å². The third-order valence-electron chi connectivity index (χ3n) is 1.38. The molecule has 0 spiro atoms. The van der Waals surface area contributed by atoms with Crippen molar-refractivity contribution >= 4 is 5.97 Å². The highest BCUT2D eigenvalue weighted by atomic mass is 16.4. The second kappa shape index (κ2) is 3.91. The fraction of sp³-hybridized carbons (Fsp3) is 0.222. The number of carbonyl (C=O) groups is 1. The molecule has 0 unspecified atom stereocenters. The van der Waals surface area contributed by atoms with E-state index in [0.717, 1.165) is 0 Å². The number of phenols is 1. The van der Waals surface area contributed by atoms with Gasteiger partial charge in [-0.1, -0.05) is 12.1 Å². The van der Waals surface area contributed by atoms with E-state index in [-0.39, 0.29) is 11.3 Å². The van der Waals surface area contributed by atoms with Crippen molar-refractivity contribution in [2.24, 2.45) is 5.73 Å². The predicted octanol–water partition coefficient (Wildman–Crippen LogP) is 0.347. The second-order valence-electron chi connectivity index (χ2n) is 2.39. The van der Waals surface area contributed by atoms with Crippen LogP contribution in [0.5, 0.6) is 5.75 Å². The Morgan fingerprint density at radius 1 is 1.62 bits per heavy atom. The molecule has 1 aromatic rings. The number of hydrogen-bond donors (Lipinski definition) is 3. The fourth-order valence-electron chi connectivity index (χ4n) is 0.754. The number of benzene rings is 1. The summed E-state index contributed by atoms with van der Waals surface area (Å²) < 4.78 is 22.4. The first-order valence-electron chi connectivity index (χ1n) is 5.01. The Kier molecular flexibility index (Phi) is 1.80. The molecule has 1 aromatic carbocycles. The lowest BCUT2D eigenvalue weighted by Gasteiger charge is -2.05. The van der Waals surface area contributed by atoms with Gasteiger partial charge in [0.15, 0.2) is 0 Å². The van der Waals surface area contributed by atoms with E-state index in [2.05, 4.69) is 0 Å². The number of phenolic OH excluding ortho intramolecular Hbond substituents is 1. The van der Waals surface area contributed by atoms with Crippen molar-refractivity contribution < 1.29 is 19.1 Å². The molecule has 13 heavy (non-hydrogen) atoms. The Balaban J connectivity index is 3.20. The Labute approximate surface area is 79.8 Å². The van der Waals surface area contributed by atoms with Gasteiger partial charge in [-0.2, -0.15) is 0 Å². The van der Waals surface area contributed by atoms with Gasteiger partial charge in [-0.05, 0) is 24.1 Å². The zero-order valence-corrected chi connectivity index (χ0v) is 6.69. The van der Waals surface area contributed by atoms with E-state index in [1.165, 1.54) is 24.3 Å². The minimum absolute atomic E-state index is 0.0785. The molecule has 0 heterocycles. The standard InChI is InChI=1S/C9H11NO3/c10-8(9(12)13)5-6-1-3-7(11)4-2-6/h1-4,8,11H,5,10H2,(H,12,13)/t8-/m0/s1/i5D2,8+1D. The van der Waals surface area contributed by atoms with Gasteiger partial charge in [0.25, 0.3) is 0 Å². The highest BCUT2D eigenvalue weighted by molar-refractivity contribution is 5.73. The zero-order chi connectivity index (χ0) is 12.6. The van der Waals surface area contributed by atoms with E-state index in [0.29, 0.717) is 0 Å². The van der Waals surface area contributed by atoms with E-state index >= 15 is 0 Å². The number of nitrogens with two attached hydrogens (primary N) is 1. The van der Waals surface area contributed by atoms with Crippen LogP contribution in [0.3, 0.4) is 0 Å². The lowest BCUT2D eigenvalue weighted by atomic mass is 10.2. The second-order valence-corrected chi connectivity index (χ2v) is 2.39. The SMILES string of the molecule is [2H]C([2H])(c1ccc(O)cc1)[13C@]([2H])(N)C(=O)O. The predicted molar refractivity (Wildman–Crippen MR) is 47.4 cm³/mol. The molecule has 0 aromatic heterocycles. The van der Waals surface area contributed by atoms with Gasteiger partial charge in [-0.15, -0.1) is 0 Å². The molecule has 0 saturated heterocycles. The monoisotopic (exact) mass is 185 g/mol. The summed E-state index contributed by atoms with van der Waals surface area (Å²) in [5, 5.41) is 17.7. The summed E-state index contributed by atoms with van der Waals surface area (Å²) >= 11 is 0. The van der Waals surface area contributed by atoms with Gasteiger partial charge in [-0.25, -0.2) is 0 Å². The van der Waals surface area contributed by atoms with E-state index in [9.17, 15) is 4.79 Å². The van der Waals surface area contributed by atoms with Gasteiger partial charge in [0.05, 0.1) is 1.37 Å². The molecular weight excluding hydrogens is 171 g/mol. The van der Waals surface area contributed by atoms with Crippen LogP contribution >= 0.6 is 0 Å². The smallest absolute Gasteiger partial charge is 0.320 e. The van der Waals surface area contributed by atoms with Gasteiger partial charge in [0, 0.05) is 2.74 Å². The van der Waals surface area contributed by atoms with Crippen LogP contribution in [0.2, 0.25) is 0 Å². The number of rotatable bonds is 3. The van der Waals surface area contributed by atoms with Crippen LogP contribution in [-0.4, -0.2) is 22.2 Å². The topological polar surface area (TPSA) is 83.5 Å². The maximum atomic E-state index is 10.7. The molecule has 1 atom stereocenters. The third-order valence-corrected chi connectivity index (χ3v) is 1.38. The molecular formula is C9H11NO3. The molecule has 0 radical (unpaired) electrons. The largest absolute Gasteiger partial charge is 0.508 e. The first-order chi connectivity index (χ1) is 7.19. The lowest BCUT2D eigenvalue weighted by Crippen LogP contribution is -2.32. The normalized spacial score (nSPS) is 19.3.